The van der Waals surface area contributed by atoms with E-state index in [-0.39, 0.29) is 24.0 Å². The van der Waals surface area contributed by atoms with E-state index in [9.17, 15) is 0 Å². The standard InChI is InChI=1S/C14H25N3OS.HI/c1-4-5-9-18-10-8-16-14(15-3)17-11-13-7-6-12(2)19-13;/h6-7H,4-5,8-11H2,1-3H3,(H2,15,16,17);1H. The molecule has 0 fully saturated rings. The summed E-state index contributed by atoms with van der Waals surface area (Å²) in [5.74, 6) is 0.824. The van der Waals surface area contributed by atoms with Crippen LogP contribution in [0.15, 0.2) is 17.1 Å². The number of unbranched alkanes of at least 4 members (excludes halogenated alkanes) is 1. The lowest BCUT2D eigenvalue weighted by Gasteiger charge is -2.11. The van der Waals surface area contributed by atoms with E-state index in [1.165, 1.54) is 16.2 Å². The van der Waals surface area contributed by atoms with Crippen molar-refractivity contribution in [1.29, 1.82) is 0 Å². The van der Waals surface area contributed by atoms with Crippen LogP contribution in [0.25, 0.3) is 0 Å². The summed E-state index contributed by atoms with van der Waals surface area (Å²) in [5, 5.41) is 6.54. The number of nitrogens with one attached hydrogen (secondary N) is 2. The van der Waals surface area contributed by atoms with E-state index in [4.69, 9.17) is 4.74 Å². The molecular formula is C14H26IN3OS. The first-order chi connectivity index (χ1) is 9.26. The minimum absolute atomic E-state index is 0. The van der Waals surface area contributed by atoms with Gasteiger partial charge in [0.15, 0.2) is 5.96 Å². The minimum Gasteiger partial charge on any atom is -0.380 e. The smallest absolute Gasteiger partial charge is 0.191 e. The lowest BCUT2D eigenvalue weighted by atomic mass is 10.4. The molecular weight excluding hydrogens is 385 g/mol. The summed E-state index contributed by atoms with van der Waals surface area (Å²) in [6.07, 6.45) is 2.31. The van der Waals surface area contributed by atoms with Crippen LogP contribution in [0.4, 0.5) is 0 Å². The molecule has 1 aromatic heterocycles. The SMILES string of the molecule is CCCCOCCNC(=NC)NCc1ccc(C)s1.I. The van der Waals surface area contributed by atoms with Crippen molar-refractivity contribution in [3.63, 3.8) is 0 Å². The molecule has 0 spiro atoms. The molecule has 4 nitrogen and oxygen atoms in total. The van der Waals surface area contributed by atoms with Gasteiger partial charge in [0.1, 0.15) is 0 Å². The second-order valence-electron chi connectivity index (χ2n) is 4.33. The maximum atomic E-state index is 5.49. The molecule has 1 aromatic rings. The molecule has 20 heavy (non-hydrogen) atoms. The third kappa shape index (κ3) is 8.76. The number of nitrogens with zero attached hydrogens (tertiary/aromatic N) is 1. The molecule has 0 saturated carbocycles. The third-order valence-electron chi connectivity index (χ3n) is 2.63. The molecule has 1 rings (SSSR count). The average molecular weight is 411 g/mol. The molecule has 0 aromatic carbocycles. The van der Waals surface area contributed by atoms with E-state index in [2.05, 4.69) is 41.6 Å². The van der Waals surface area contributed by atoms with Crippen molar-refractivity contribution in [1.82, 2.24) is 10.6 Å². The number of guanidine groups is 1. The topological polar surface area (TPSA) is 45.6 Å². The van der Waals surface area contributed by atoms with Crippen LogP contribution < -0.4 is 10.6 Å². The predicted molar refractivity (Wildman–Crippen MR) is 98.4 cm³/mol. The van der Waals surface area contributed by atoms with Crippen molar-refractivity contribution < 1.29 is 4.74 Å². The summed E-state index contributed by atoms with van der Waals surface area (Å²) in [6.45, 7) is 7.45. The lowest BCUT2D eigenvalue weighted by Crippen LogP contribution is -2.38. The summed E-state index contributed by atoms with van der Waals surface area (Å²) in [6, 6.07) is 4.29. The molecule has 0 bridgehead atoms. The van der Waals surface area contributed by atoms with E-state index in [0.717, 1.165) is 38.7 Å². The third-order valence-corrected chi connectivity index (χ3v) is 3.63. The monoisotopic (exact) mass is 411 g/mol. The minimum atomic E-state index is 0. The molecule has 0 saturated heterocycles. The van der Waals surface area contributed by atoms with Crippen LogP contribution in [0, 0.1) is 6.92 Å². The molecule has 0 aliphatic heterocycles. The fourth-order valence-electron chi connectivity index (χ4n) is 1.56. The molecule has 0 amide bonds. The van der Waals surface area contributed by atoms with Crippen LogP contribution in [-0.4, -0.2) is 32.8 Å². The van der Waals surface area contributed by atoms with E-state index in [1.807, 2.05) is 11.3 Å². The predicted octanol–water partition coefficient (Wildman–Crippen LogP) is 3.16. The van der Waals surface area contributed by atoms with Crippen LogP contribution in [0.5, 0.6) is 0 Å². The molecule has 0 atom stereocenters. The van der Waals surface area contributed by atoms with Gasteiger partial charge in [-0.05, 0) is 25.5 Å². The van der Waals surface area contributed by atoms with E-state index >= 15 is 0 Å². The first-order valence-corrected chi connectivity index (χ1v) is 7.65. The van der Waals surface area contributed by atoms with Gasteiger partial charge in [0.05, 0.1) is 13.2 Å². The Balaban J connectivity index is 0.00000361. The highest BCUT2D eigenvalue weighted by Gasteiger charge is 1.99. The molecule has 0 radical (unpaired) electrons. The Bertz CT molecular complexity index is 382. The molecule has 0 aliphatic rings. The van der Waals surface area contributed by atoms with Crippen molar-refractivity contribution in [2.45, 2.75) is 33.2 Å². The van der Waals surface area contributed by atoms with Crippen molar-refractivity contribution >= 4 is 41.3 Å². The number of hydrogen-bond acceptors (Lipinski definition) is 3. The first kappa shape index (κ1) is 19.7. The normalized spacial score (nSPS) is 11.1. The molecule has 116 valence electrons. The van der Waals surface area contributed by atoms with Crippen LogP contribution in [0.1, 0.15) is 29.5 Å². The van der Waals surface area contributed by atoms with Crippen LogP contribution in [0.3, 0.4) is 0 Å². The molecule has 0 unspecified atom stereocenters. The number of halogens is 1. The molecule has 0 aliphatic carbocycles. The fourth-order valence-corrected chi connectivity index (χ4v) is 2.39. The van der Waals surface area contributed by atoms with Gasteiger partial charge in [-0.3, -0.25) is 4.99 Å². The summed E-state index contributed by atoms with van der Waals surface area (Å²) in [4.78, 5) is 6.84. The largest absolute Gasteiger partial charge is 0.380 e. The second-order valence-corrected chi connectivity index (χ2v) is 5.70. The lowest BCUT2D eigenvalue weighted by molar-refractivity contribution is 0.136. The van der Waals surface area contributed by atoms with Crippen molar-refractivity contribution in [2.75, 3.05) is 26.8 Å². The highest BCUT2D eigenvalue weighted by Crippen LogP contribution is 2.14. The first-order valence-electron chi connectivity index (χ1n) is 6.83. The Morgan fingerprint density at radius 3 is 2.70 bits per heavy atom. The van der Waals surface area contributed by atoms with Gasteiger partial charge in [-0.15, -0.1) is 35.3 Å². The van der Waals surface area contributed by atoms with E-state index < -0.39 is 0 Å². The maximum Gasteiger partial charge on any atom is 0.191 e. The van der Waals surface area contributed by atoms with Gasteiger partial charge < -0.3 is 15.4 Å². The van der Waals surface area contributed by atoms with Crippen molar-refractivity contribution in [3.05, 3.63) is 21.9 Å². The number of hydrogen-bond donors (Lipinski definition) is 2. The van der Waals surface area contributed by atoms with E-state index in [1.54, 1.807) is 7.05 Å². The van der Waals surface area contributed by atoms with Crippen LogP contribution >= 0.6 is 35.3 Å². The average Bonchev–Trinajstić information content (AvgIpc) is 2.83. The Morgan fingerprint density at radius 2 is 2.10 bits per heavy atom. The zero-order chi connectivity index (χ0) is 13.9. The zero-order valence-electron chi connectivity index (χ0n) is 12.6. The highest BCUT2D eigenvalue weighted by atomic mass is 127. The highest BCUT2D eigenvalue weighted by molar-refractivity contribution is 14.0. The van der Waals surface area contributed by atoms with Crippen molar-refractivity contribution in [3.8, 4) is 0 Å². The quantitative estimate of drug-likeness (QED) is 0.299. The summed E-state index contributed by atoms with van der Waals surface area (Å²) < 4.78 is 5.49. The molecule has 1 heterocycles. The maximum absolute atomic E-state index is 5.49. The van der Waals surface area contributed by atoms with Gasteiger partial charge in [-0.25, -0.2) is 0 Å². The fraction of sp³-hybridized carbons (Fsp3) is 0.643. The zero-order valence-corrected chi connectivity index (χ0v) is 15.7. The van der Waals surface area contributed by atoms with E-state index in [0.29, 0.717) is 0 Å². The van der Waals surface area contributed by atoms with Gasteiger partial charge in [-0.1, -0.05) is 13.3 Å². The number of thiophene rings is 1. The number of aliphatic imine (C=N–C) groups is 1. The second kappa shape index (κ2) is 12.4. The number of aryl methyl sites for hydroxylation is 1. The van der Waals surface area contributed by atoms with Gasteiger partial charge in [0.25, 0.3) is 0 Å². The summed E-state index contributed by atoms with van der Waals surface area (Å²) in [7, 11) is 1.78. The molecule has 6 heteroatoms. The Hall–Kier alpha value is -0.340. The van der Waals surface area contributed by atoms with Crippen LogP contribution in [0.2, 0.25) is 0 Å². The Kier molecular flexibility index (Phi) is 12.2. The van der Waals surface area contributed by atoms with Gasteiger partial charge in [0, 0.05) is 30.0 Å². The number of rotatable bonds is 8. The summed E-state index contributed by atoms with van der Waals surface area (Å²) in [5.41, 5.74) is 0. The van der Waals surface area contributed by atoms with Gasteiger partial charge in [0.2, 0.25) is 0 Å². The Morgan fingerprint density at radius 1 is 1.30 bits per heavy atom. The Labute approximate surface area is 143 Å². The van der Waals surface area contributed by atoms with Crippen molar-refractivity contribution in [2.24, 2.45) is 4.99 Å². The number of ether oxygens (including phenoxy) is 1. The summed E-state index contributed by atoms with van der Waals surface area (Å²) >= 11 is 1.81. The van der Waals surface area contributed by atoms with Crippen LogP contribution in [-0.2, 0) is 11.3 Å². The van der Waals surface area contributed by atoms with Gasteiger partial charge >= 0.3 is 0 Å². The molecule has 2 N–H and O–H groups in total. The van der Waals surface area contributed by atoms with Gasteiger partial charge in [-0.2, -0.15) is 0 Å².